The molecule has 84 valence electrons. The second-order valence-corrected chi connectivity index (χ2v) is 4.94. The fourth-order valence-corrected chi connectivity index (χ4v) is 1.81. The van der Waals surface area contributed by atoms with Gasteiger partial charge in [0.1, 0.15) is 6.04 Å². The van der Waals surface area contributed by atoms with Crippen LogP contribution in [0.3, 0.4) is 0 Å². The van der Waals surface area contributed by atoms with Gasteiger partial charge >= 0.3 is 5.97 Å². The predicted molar refractivity (Wildman–Crippen MR) is 58.9 cm³/mol. The number of carbonyl (C=O) groups is 1. The van der Waals surface area contributed by atoms with Crippen molar-refractivity contribution in [3.05, 3.63) is 0 Å². The van der Waals surface area contributed by atoms with E-state index in [4.69, 9.17) is 5.11 Å². The fraction of sp³-hybridized carbons (Fsp3) is 0.900. The van der Waals surface area contributed by atoms with Crippen LogP contribution in [0.5, 0.6) is 0 Å². The lowest BCUT2D eigenvalue weighted by Crippen LogP contribution is -2.46. The summed E-state index contributed by atoms with van der Waals surface area (Å²) in [6.07, 6.45) is 1.78. The molecule has 2 N–H and O–H groups in total. The Morgan fingerprint density at radius 2 is 1.93 bits per heavy atom. The number of rotatable bonds is 1. The highest BCUT2D eigenvalue weighted by molar-refractivity contribution is 5.85. The van der Waals surface area contributed by atoms with E-state index in [2.05, 4.69) is 26.1 Å². The van der Waals surface area contributed by atoms with Gasteiger partial charge in [0.05, 0.1) is 0 Å². The van der Waals surface area contributed by atoms with Crippen molar-refractivity contribution < 1.29 is 9.90 Å². The molecular weight excluding hydrogens is 202 g/mol. The Bertz CT molecular complexity index is 193. The number of aliphatic carboxylic acids is 1. The van der Waals surface area contributed by atoms with Gasteiger partial charge in [0.2, 0.25) is 0 Å². The molecule has 2 unspecified atom stereocenters. The molecule has 2 atom stereocenters. The van der Waals surface area contributed by atoms with Crippen LogP contribution in [0.2, 0.25) is 0 Å². The molecule has 1 saturated heterocycles. The van der Waals surface area contributed by atoms with E-state index in [1.807, 2.05) is 0 Å². The number of hydrogen-bond acceptors (Lipinski definition) is 2. The molecule has 1 aliphatic heterocycles. The lowest BCUT2D eigenvalue weighted by atomic mass is 9.75. The zero-order valence-corrected chi connectivity index (χ0v) is 9.86. The van der Waals surface area contributed by atoms with Gasteiger partial charge in [-0.15, -0.1) is 12.4 Å². The summed E-state index contributed by atoms with van der Waals surface area (Å²) in [4.78, 5) is 10.6. The minimum atomic E-state index is -0.715. The molecule has 0 aromatic carbocycles. The third kappa shape index (κ3) is 3.46. The fourth-order valence-electron chi connectivity index (χ4n) is 1.81. The van der Waals surface area contributed by atoms with Gasteiger partial charge in [0, 0.05) is 0 Å². The van der Waals surface area contributed by atoms with Crippen LogP contribution in [0.1, 0.15) is 33.6 Å². The summed E-state index contributed by atoms with van der Waals surface area (Å²) in [7, 11) is 0. The van der Waals surface area contributed by atoms with E-state index >= 15 is 0 Å². The molecule has 0 amide bonds. The maximum Gasteiger partial charge on any atom is 0.320 e. The smallest absolute Gasteiger partial charge is 0.320 e. The van der Waals surface area contributed by atoms with Crippen molar-refractivity contribution in [3.63, 3.8) is 0 Å². The van der Waals surface area contributed by atoms with Gasteiger partial charge in [0.15, 0.2) is 0 Å². The van der Waals surface area contributed by atoms with Gasteiger partial charge in [0.25, 0.3) is 0 Å². The number of carboxylic acids is 1. The van der Waals surface area contributed by atoms with E-state index in [9.17, 15) is 4.79 Å². The average Bonchev–Trinajstić information content (AvgIpc) is 2.03. The first-order chi connectivity index (χ1) is 5.91. The SMILES string of the molecule is CC(C)(C)C1CCC(C(=O)O)NC1.Cl. The zero-order valence-electron chi connectivity index (χ0n) is 9.04. The number of hydrogen-bond donors (Lipinski definition) is 2. The molecule has 1 rings (SSSR count). The Balaban J connectivity index is 0.00000169. The van der Waals surface area contributed by atoms with Crippen molar-refractivity contribution in [2.75, 3.05) is 6.54 Å². The highest BCUT2D eigenvalue weighted by atomic mass is 35.5. The standard InChI is InChI=1S/C10H19NO2.ClH/c1-10(2,3)7-4-5-8(9(12)13)11-6-7;/h7-8,11H,4-6H2,1-3H3,(H,12,13);1H. The molecule has 14 heavy (non-hydrogen) atoms. The number of piperidine rings is 1. The Hall–Kier alpha value is -0.280. The summed E-state index contributed by atoms with van der Waals surface area (Å²) in [5, 5.41) is 11.8. The molecule has 0 bridgehead atoms. The largest absolute Gasteiger partial charge is 0.480 e. The summed E-state index contributed by atoms with van der Waals surface area (Å²) >= 11 is 0. The third-order valence-corrected chi connectivity index (χ3v) is 2.94. The molecule has 0 spiro atoms. The maximum absolute atomic E-state index is 10.6. The molecular formula is C10H20ClNO2. The van der Waals surface area contributed by atoms with Gasteiger partial charge < -0.3 is 10.4 Å². The third-order valence-electron chi connectivity index (χ3n) is 2.94. The van der Waals surface area contributed by atoms with Gasteiger partial charge in [-0.05, 0) is 30.7 Å². The number of nitrogens with one attached hydrogen (secondary N) is 1. The molecule has 0 aromatic heterocycles. The zero-order chi connectivity index (χ0) is 10.1. The average molecular weight is 222 g/mol. The number of halogens is 1. The van der Waals surface area contributed by atoms with Crippen LogP contribution in [0.25, 0.3) is 0 Å². The van der Waals surface area contributed by atoms with Crippen molar-refractivity contribution in [2.45, 2.75) is 39.7 Å². The van der Waals surface area contributed by atoms with E-state index < -0.39 is 5.97 Å². The Morgan fingerprint density at radius 3 is 2.21 bits per heavy atom. The molecule has 1 heterocycles. The van der Waals surface area contributed by atoms with Gasteiger partial charge in [-0.3, -0.25) is 4.79 Å². The van der Waals surface area contributed by atoms with Crippen LogP contribution in [0, 0.1) is 11.3 Å². The van der Waals surface area contributed by atoms with E-state index in [-0.39, 0.29) is 23.9 Å². The summed E-state index contributed by atoms with van der Waals surface area (Å²) in [6, 6.07) is -0.321. The topological polar surface area (TPSA) is 49.3 Å². The highest BCUT2D eigenvalue weighted by Gasteiger charge is 2.31. The summed E-state index contributed by atoms with van der Waals surface area (Å²) in [5.74, 6) is -0.115. The first-order valence-corrected chi connectivity index (χ1v) is 4.87. The van der Waals surface area contributed by atoms with Crippen LogP contribution >= 0.6 is 12.4 Å². The lowest BCUT2D eigenvalue weighted by Gasteiger charge is -2.36. The van der Waals surface area contributed by atoms with Crippen molar-refractivity contribution >= 4 is 18.4 Å². The van der Waals surface area contributed by atoms with Crippen LogP contribution in [0.4, 0.5) is 0 Å². The van der Waals surface area contributed by atoms with Crippen molar-refractivity contribution in [1.82, 2.24) is 5.32 Å². The molecule has 0 radical (unpaired) electrons. The molecule has 4 heteroatoms. The summed E-state index contributed by atoms with van der Waals surface area (Å²) in [5.41, 5.74) is 0.288. The van der Waals surface area contributed by atoms with E-state index in [1.165, 1.54) is 0 Å². The Morgan fingerprint density at radius 1 is 1.36 bits per heavy atom. The van der Waals surface area contributed by atoms with Crippen LogP contribution in [-0.2, 0) is 4.79 Å². The van der Waals surface area contributed by atoms with Gasteiger partial charge in [-0.2, -0.15) is 0 Å². The molecule has 1 fully saturated rings. The highest BCUT2D eigenvalue weighted by Crippen LogP contribution is 2.31. The maximum atomic E-state index is 10.6. The van der Waals surface area contributed by atoms with E-state index in [1.54, 1.807) is 0 Å². The second kappa shape index (κ2) is 4.99. The lowest BCUT2D eigenvalue weighted by molar-refractivity contribution is -0.140. The first kappa shape index (κ1) is 13.7. The van der Waals surface area contributed by atoms with Crippen molar-refractivity contribution in [2.24, 2.45) is 11.3 Å². The second-order valence-electron chi connectivity index (χ2n) is 4.94. The monoisotopic (exact) mass is 221 g/mol. The molecule has 1 aliphatic rings. The Kier molecular flexibility index (Phi) is 4.89. The van der Waals surface area contributed by atoms with Crippen molar-refractivity contribution in [1.29, 1.82) is 0 Å². The summed E-state index contributed by atoms with van der Waals surface area (Å²) < 4.78 is 0. The van der Waals surface area contributed by atoms with Crippen LogP contribution in [-0.4, -0.2) is 23.7 Å². The molecule has 3 nitrogen and oxygen atoms in total. The van der Waals surface area contributed by atoms with Crippen LogP contribution < -0.4 is 5.32 Å². The van der Waals surface area contributed by atoms with Gasteiger partial charge in [-0.1, -0.05) is 20.8 Å². The first-order valence-electron chi connectivity index (χ1n) is 4.87. The number of carboxylic acid groups (broad SMARTS) is 1. The normalized spacial score (nSPS) is 27.9. The molecule has 0 aliphatic carbocycles. The van der Waals surface area contributed by atoms with Crippen LogP contribution in [0.15, 0.2) is 0 Å². The summed E-state index contributed by atoms with van der Waals surface area (Å²) in [6.45, 7) is 7.46. The van der Waals surface area contributed by atoms with Gasteiger partial charge in [-0.25, -0.2) is 0 Å². The molecule has 0 aromatic rings. The predicted octanol–water partition coefficient (Wildman–Crippen LogP) is 1.91. The Labute approximate surface area is 91.7 Å². The minimum absolute atomic E-state index is 0. The van der Waals surface area contributed by atoms with E-state index in [0.29, 0.717) is 5.92 Å². The van der Waals surface area contributed by atoms with E-state index in [0.717, 1.165) is 19.4 Å². The quantitative estimate of drug-likeness (QED) is 0.711. The minimum Gasteiger partial charge on any atom is -0.480 e. The molecule has 0 saturated carbocycles. The van der Waals surface area contributed by atoms with Crippen molar-refractivity contribution in [3.8, 4) is 0 Å².